The Labute approximate surface area is 101 Å². The monoisotopic (exact) mass is 222 g/mol. The lowest BCUT2D eigenvalue weighted by atomic mass is 9.97. The zero-order valence-electron chi connectivity index (χ0n) is 9.81. The Hall–Kier alpha value is -2.15. The predicted molar refractivity (Wildman–Crippen MR) is 72.0 cm³/mol. The molecule has 0 spiro atoms. The fraction of sp³-hybridized carbons (Fsp3) is 0.0625. The maximum atomic E-state index is 11.6. The molecule has 0 aliphatic carbocycles. The van der Waals surface area contributed by atoms with Crippen molar-refractivity contribution in [3.63, 3.8) is 0 Å². The molecule has 2 rings (SSSR count). The fourth-order valence-electron chi connectivity index (χ4n) is 1.85. The minimum Gasteiger partial charge on any atom is -0.294 e. The van der Waals surface area contributed by atoms with E-state index in [-0.39, 0.29) is 5.78 Å². The smallest absolute Gasteiger partial charge is 0.160 e. The topological polar surface area (TPSA) is 17.1 Å². The van der Waals surface area contributed by atoms with E-state index in [1.165, 1.54) is 0 Å². The molecule has 84 valence electrons. The van der Waals surface area contributed by atoms with Crippen LogP contribution in [0.15, 0.2) is 55.1 Å². The Kier molecular flexibility index (Phi) is 3.20. The number of rotatable bonds is 3. The molecule has 17 heavy (non-hydrogen) atoms. The van der Waals surface area contributed by atoms with E-state index < -0.39 is 0 Å². The summed E-state index contributed by atoms with van der Waals surface area (Å²) in [6, 6.07) is 15.9. The number of Topliss-reactive ketones (excluding diaryl/α,β-unsaturated/α-hetero) is 1. The predicted octanol–water partition coefficient (Wildman–Crippen LogP) is 4.20. The van der Waals surface area contributed by atoms with E-state index in [2.05, 4.69) is 6.58 Å². The number of benzene rings is 2. The Balaban J connectivity index is 2.55. The van der Waals surface area contributed by atoms with Crippen LogP contribution in [0.4, 0.5) is 0 Å². The minimum absolute atomic E-state index is 0.0673. The Morgan fingerprint density at radius 2 is 1.76 bits per heavy atom. The van der Waals surface area contributed by atoms with E-state index in [4.69, 9.17) is 0 Å². The van der Waals surface area contributed by atoms with Crippen LogP contribution < -0.4 is 0 Å². The van der Waals surface area contributed by atoms with Gasteiger partial charge in [-0.3, -0.25) is 4.79 Å². The van der Waals surface area contributed by atoms with Gasteiger partial charge in [-0.05, 0) is 29.7 Å². The lowest BCUT2D eigenvalue weighted by Gasteiger charge is -2.06. The van der Waals surface area contributed by atoms with E-state index in [9.17, 15) is 4.79 Å². The Morgan fingerprint density at radius 3 is 2.35 bits per heavy atom. The largest absolute Gasteiger partial charge is 0.294 e. The number of hydrogen-bond acceptors (Lipinski definition) is 1. The highest BCUT2D eigenvalue weighted by Crippen LogP contribution is 2.23. The molecule has 1 nitrogen and oxygen atoms in total. The first kappa shape index (κ1) is 11.3. The summed E-state index contributed by atoms with van der Waals surface area (Å²) in [7, 11) is 0. The first-order chi connectivity index (χ1) is 8.22. The summed E-state index contributed by atoms with van der Waals surface area (Å²) in [5, 5.41) is 0. The van der Waals surface area contributed by atoms with Gasteiger partial charge in [-0.25, -0.2) is 0 Å². The Bertz CT molecular complexity index is 553. The van der Waals surface area contributed by atoms with Gasteiger partial charge < -0.3 is 0 Å². The molecule has 0 fully saturated rings. The van der Waals surface area contributed by atoms with Gasteiger partial charge >= 0.3 is 0 Å². The molecule has 0 saturated carbocycles. The quantitative estimate of drug-likeness (QED) is 0.711. The molecule has 2 aromatic carbocycles. The highest BCUT2D eigenvalue weighted by atomic mass is 16.1. The van der Waals surface area contributed by atoms with Crippen LogP contribution in [0.25, 0.3) is 17.2 Å². The summed E-state index contributed by atoms with van der Waals surface area (Å²) in [5.41, 5.74) is 3.78. The molecule has 2 aromatic rings. The van der Waals surface area contributed by atoms with Crippen molar-refractivity contribution in [2.75, 3.05) is 0 Å². The van der Waals surface area contributed by atoms with E-state index in [1.54, 1.807) is 13.0 Å². The van der Waals surface area contributed by atoms with Gasteiger partial charge in [-0.2, -0.15) is 0 Å². The SMILES string of the molecule is C=Cc1ccc(-c2ccccc2)cc1C(C)=O. The van der Waals surface area contributed by atoms with Crippen molar-refractivity contribution in [1.82, 2.24) is 0 Å². The maximum Gasteiger partial charge on any atom is 0.160 e. The highest BCUT2D eigenvalue weighted by Gasteiger charge is 2.06. The fourth-order valence-corrected chi connectivity index (χ4v) is 1.85. The summed E-state index contributed by atoms with van der Waals surface area (Å²) in [6.07, 6.45) is 1.71. The van der Waals surface area contributed by atoms with Gasteiger partial charge in [0.25, 0.3) is 0 Å². The summed E-state index contributed by atoms with van der Waals surface area (Å²) >= 11 is 0. The standard InChI is InChI=1S/C16H14O/c1-3-13-9-10-15(11-16(13)12(2)17)14-7-5-4-6-8-14/h3-11H,1H2,2H3. The molecular weight excluding hydrogens is 208 g/mol. The van der Waals surface area contributed by atoms with Gasteiger partial charge in [0.2, 0.25) is 0 Å². The molecule has 1 heteroatoms. The lowest BCUT2D eigenvalue weighted by molar-refractivity contribution is 0.101. The van der Waals surface area contributed by atoms with Crippen LogP contribution in [0.2, 0.25) is 0 Å². The van der Waals surface area contributed by atoms with Crippen LogP contribution in [0.3, 0.4) is 0 Å². The second-order valence-corrected chi connectivity index (χ2v) is 3.93. The van der Waals surface area contributed by atoms with Gasteiger partial charge in [0.1, 0.15) is 0 Å². The first-order valence-electron chi connectivity index (χ1n) is 5.55. The second-order valence-electron chi connectivity index (χ2n) is 3.93. The van der Waals surface area contributed by atoms with Gasteiger partial charge in [-0.15, -0.1) is 0 Å². The zero-order chi connectivity index (χ0) is 12.3. The van der Waals surface area contributed by atoms with Crippen molar-refractivity contribution in [3.8, 4) is 11.1 Å². The molecule has 0 saturated heterocycles. The number of carbonyl (C=O) groups is 1. The third-order valence-corrected chi connectivity index (χ3v) is 2.76. The lowest BCUT2D eigenvalue weighted by Crippen LogP contribution is -1.96. The summed E-state index contributed by atoms with van der Waals surface area (Å²) in [5.74, 6) is 0.0673. The number of ketones is 1. The number of hydrogen-bond donors (Lipinski definition) is 0. The minimum atomic E-state index is 0.0673. The normalized spacial score (nSPS) is 9.94. The molecule has 0 unspecified atom stereocenters. The number of carbonyl (C=O) groups excluding carboxylic acids is 1. The highest BCUT2D eigenvalue weighted by molar-refractivity contribution is 5.98. The van der Waals surface area contributed by atoms with Crippen LogP contribution in [0.5, 0.6) is 0 Å². The third-order valence-electron chi connectivity index (χ3n) is 2.76. The van der Waals surface area contributed by atoms with Gasteiger partial charge in [0.15, 0.2) is 5.78 Å². The molecule has 0 aliphatic rings. The van der Waals surface area contributed by atoms with Crippen molar-refractivity contribution in [2.45, 2.75) is 6.92 Å². The molecule has 0 amide bonds. The van der Waals surface area contributed by atoms with E-state index >= 15 is 0 Å². The van der Waals surface area contributed by atoms with E-state index in [1.807, 2.05) is 48.5 Å². The van der Waals surface area contributed by atoms with Gasteiger partial charge in [0, 0.05) is 5.56 Å². The average molecular weight is 222 g/mol. The molecular formula is C16H14O. The van der Waals surface area contributed by atoms with E-state index in [0.29, 0.717) is 0 Å². The zero-order valence-corrected chi connectivity index (χ0v) is 9.81. The summed E-state index contributed by atoms with van der Waals surface area (Å²) < 4.78 is 0. The molecule has 0 bridgehead atoms. The summed E-state index contributed by atoms with van der Waals surface area (Å²) in [6.45, 7) is 5.30. The molecule has 0 aromatic heterocycles. The summed E-state index contributed by atoms with van der Waals surface area (Å²) in [4.78, 5) is 11.6. The van der Waals surface area contributed by atoms with Gasteiger partial charge in [-0.1, -0.05) is 55.1 Å². The Morgan fingerprint density at radius 1 is 1.06 bits per heavy atom. The molecule has 0 aliphatic heterocycles. The maximum absolute atomic E-state index is 11.6. The van der Waals surface area contributed by atoms with Crippen molar-refractivity contribution in [1.29, 1.82) is 0 Å². The van der Waals surface area contributed by atoms with Gasteiger partial charge in [0.05, 0.1) is 0 Å². The van der Waals surface area contributed by atoms with E-state index in [0.717, 1.165) is 22.3 Å². The van der Waals surface area contributed by atoms with Crippen LogP contribution in [-0.2, 0) is 0 Å². The van der Waals surface area contributed by atoms with Crippen molar-refractivity contribution < 1.29 is 4.79 Å². The third kappa shape index (κ3) is 2.34. The van der Waals surface area contributed by atoms with Crippen molar-refractivity contribution in [3.05, 3.63) is 66.2 Å². The molecule has 0 heterocycles. The van der Waals surface area contributed by atoms with Crippen molar-refractivity contribution in [2.24, 2.45) is 0 Å². The average Bonchev–Trinajstić information content (AvgIpc) is 2.39. The van der Waals surface area contributed by atoms with Crippen LogP contribution in [0.1, 0.15) is 22.8 Å². The van der Waals surface area contributed by atoms with Crippen LogP contribution >= 0.6 is 0 Å². The van der Waals surface area contributed by atoms with Crippen LogP contribution in [-0.4, -0.2) is 5.78 Å². The van der Waals surface area contributed by atoms with Crippen LogP contribution in [0, 0.1) is 0 Å². The second kappa shape index (κ2) is 4.79. The molecule has 0 N–H and O–H groups in total. The van der Waals surface area contributed by atoms with Crippen molar-refractivity contribution >= 4 is 11.9 Å². The molecule has 0 atom stereocenters. The first-order valence-corrected chi connectivity index (χ1v) is 5.55. The molecule has 0 radical (unpaired) electrons.